The van der Waals surface area contributed by atoms with Crippen molar-refractivity contribution < 1.29 is 24.4 Å². The Labute approximate surface area is 120 Å². The number of nitrogens with one attached hydrogen (secondary N) is 1. The molecule has 8 heteroatoms. The Kier molecular flexibility index (Phi) is 5.79. The van der Waals surface area contributed by atoms with Gasteiger partial charge in [0.05, 0.1) is 17.1 Å². The zero-order valence-electron chi connectivity index (χ0n) is 11.6. The van der Waals surface area contributed by atoms with E-state index in [9.17, 15) is 24.8 Å². The van der Waals surface area contributed by atoms with E-state index in [2.05, 4.69) is 5.32 Å². The number of benzene rings is 1. The normalized spacial score (nSPS) is 13.1. The van der Waals surface area contributed by atoms with E-state index >= 15 is 0 Å². The van der Waals surface area contributed by atoms with Crippen molar-refractivity contribution in [3.63, 3.8) is 0 Å². The third-order valence-corrected chi connectivity index (χ3v) is 2.67. The van der Waals surface area contributed by atoms with Gasteiger partial charge < -0.3 is 15.2 Å². The number of hydrogen-bond acceptors (Lipinski definition) is 6. The highest BCUT2D eigenvalue weighted by Gasteiger charge is 2.33. The van der Waals surface area contributed by atoms with Crippen LogP contribution in [0.2, 0.25) is 0 Å². The number of aliphatic hydroxyl groups excluding tert-OH is 1. The number of rotatable bonds is 6. The smallest absolute Gasteiger partial charge is 0.331 e. The van der Waals surface area contributed by atoms with Gasteiger partial charge in [0.25, 0.3) is 5.69 Å². The maximum absolute atomic E-state index is 11.8. The minimum atomic E-state index is -1.59. The van der Waals surface area contributed by atoms with E-state index in [0.29, 0.717) is 0 Å². The van der Waals surface area contributed by atoms with Crippen LogP contribution in [0.25, 0.3) is 0 Å². The monoisotopic (exact) mass is 296 g/mol. The van der Waals surface area contributed by atoms with Crippen molar-refractivity contribution in [3.05, 3.63) is 39.9 Å². The van der Waals surface area contributed by atoms with E-state index in [1.807, 2.05) is 0 Å². The van der Waals surface area contributed by atoms with Crippen molar-refractivity contribution in [2.45, 2.75) is 26.0 Å². The van der Waals surface area contributed by atoms with Gasteiger partial charge in [0, 0.05) is 13.0 Å². The Morgan fingerprint density at radius 2 is 2.05 bits per heavy atom. The van der Waals surface area contributed by atoms with Crippen LogP contribution in [0.3, 0.4) is 0 Å². The largest absolute Gasteiger partial charge is 0.464 e. The lowest BCUT2D eigenvalue weighted by Crippen LogP contribution is -2.45. The van der Waals surface area contributed by atoms with Crippen LogP contribution in [-0.2, 0) is 14.3 Å². The minimum absolute atomic E-state index is 0.0541. The van der Waals surface area contributed by atoms with Gasteiger partial charge in [-0.2, -0.15) is 0 Å². The minimum Gasteiger partial charge on any atom is -0.464 e. The summed E-state index contributed by atoms with van der Waals surface area (Å²) in [5, 5.41) is 23.4. The third-order valence-electron chi connectivity index (χ3n) is 2.67. The fraction of sp³-hybridized carbons (Fsp3) is 0.385. The second-order valence-electron chi connectivity index (χ2n) is 4.19. The van der Waals surface area contributed by atoms with Crippen LogP contribution < -0.4 is 5.32 Å². The molecule has 1 amide bonds. The average molecular weight is 296 g/mol. The Morgan fingerprint density at radius 3 is 2.57 bits per heavy atom. The Hall–Kier alpha value is -2.48. The highest BCUT2D eigenvalue weighted by atomic mass is 16.6. The molecule has 0 heterocycles. The first-order valence-electron chi connectivity index (χ1n) is 6.23. The highest BCUT2D eigenvalue weighted by Crippen LogP contribution is 2.27. The number of para-hydroxylation sites is 1. The molecule has 2 N–H and O–H groups in total. The molecule has 21 heavy (non-hydrogen) atoms. The molecule has 114 valence electrons. The predicted molar refractivity (Wildman–Crippen MR) is 72.3 cm³/mol. The highest BCUT2D eigenvalue weighted by molar-refractivity contribution is 5.84. The fourth-order valence-corrected chi connectivity index (χ4v) is 1.80. The number of aliphatic hydroxyl groups is 1. The summed E-state index contributed by atoms with van der Waals surface area (Å²) in [7, 11) is 0. The van der Waals surface area contributed by atoms with Crippen molar-refractivity contribution >= 4 is 17.6 Å². The molecular formula is C13H16N2O6. The van der Waals surface area contributed by atoms with Gasteiger partial charge in [-0.1, -0.05) is 12.1 Å². The summed E-state index contributed by atoms with van der Waals surface area (Å²) in [6.07, 6.45) is -1.59. The van der Waals surface area contributed by atoms with E-state index in [-0.39, 0.29) is 17.9 Å². The first kappa shape index (κ1) is 16.6. The quantitative estimate of drug-likeness (QED) is 0.453. The van der Waals surface area contributed by atoms with Crippen molar-refractivity contribution in [1.82, 2.24) is 5.32 Å². The molecule has 0 aliphatic carbocycles. The summed E-state index contributed by atoms with van der Waals surface area (Å²) < 4.78 is 4.76. The van der Waals surface area contributed by atoms with Gasteiger partial charge in [-0.15, -0.1) is 0 Å². The van der Waals surface area contributed by atoms with Crippen LogP contribution in [-0.4, -0.2) is 34.6 Å². The number of nitrogens with zero attached hydrogens (tertiary/aromatic N) is 1. The van der Waals surface area contributed by atoms with Gasteiger partial charge in [0.1, 0.15) is 6.10 Å². The molecule has 0 unspecified atom stereocenters. The van der Waals surface area contributed by atoms with Crippen LogP contribution in [0.15, 0.2) is 24.3 Å². The summed E-state index contributed by atoms with van der Waals surface area (Å²) in [5.74, 6) is -1.43. The molecular weight excluding hydrogens is 280 g/mol. The molecule has 0 radical (unpaired) electrons. The lowest BCUT2D eigenvalue weighted by Gasteiger charge is -2.22. The number of carbonyl (C=O) groups excluding carboxylic acids is 2. The van der Waals surface area contributed by atoms with Gasteiger partial charge in [-0.25, -0.2) is 4.79 Å². The zero-order chi connectivity index (χ0) is 16.0. The predicted octanol–water partition coefficient (Wildman–Crippen LogP) is 0.696. The fourth-order valence-electron chi connectivity index (χ4n) is 1.80. The number of amides is 1. The summed E-state index contributed by atoms with van der Waals surface area (Å²) in [4.78, 5) is 33.2. The van der Waals surface area contributed by atoms with Crippen LogP contribution >= 0.6 is 0 Å². The summed E-state index contributed by atoms with van der Waals surface area (Å²) in [6, 6.07) is 4.03. The number of carbonyl (C=O) groups is 2. The molecule has 1 aromatic carbocycles. The van der Waals surface area contributed by atoms with E-state index in [4.69, 9.17) is 4.74 Å². The standard InChI is InChI=1S/C13H16N2O6/c1-3-21-13(18)11(14-8(2)16)12(17)9-6-4-5-7-10(9)15(19)20/h4-7,11-12,17H,3H2,1-2H3,(H,14,16)/t11-,12-/m1/s1. The number of ether oxygens (including phenoxy) is 1. The number of esters is 1. The summed E-state index contributed by atoms with van der Waals surface area (Å²) in [5.41, 5.74) is -0.418. The first-order chi connectivity index (χ1) is 9.88. The van der Waals surface area contributed by atoms with Crippen molar-refractivity contribution in [2.24, 2.45) is 0 Å². The second kappa shape index (κ2) is 7.34. The molecule has 1 aromatic rings. The van der Waals surface area contributed by atoms with Gasteiger partial charge >= 0.3 is 5.97 Å². The molecule has 1 rings (SSSR count). The molecule has 0 bridgehead atoms. The number of nitro benzene ring substituents is 1. The van der Waals surface area contributed by atoms with E-state index in [0.717, 1.165) is 0 Å². The van der Waals surface area contributed by atoms with Gasteiger partial charge in [0.2, 0.25) is 5.91 Å². The van der Waals surface area contributed by atoms with Crippen molar-refractivity contribution in [3.8, 4) is 0 Å². The number of nitro groups is 1. The Morgan fingerprint density at radius 1 is 1.43 bits per heavy atom. The van der Waals surface area contributed by atoms with E-state index in [1.165, 1.54) is 31.2 Å². The SMILES string of the molecule is CCOC(=O)[C@H](NC(C)=O)[C@H](O)c1ccccc1[N+](=O)[O-]. The summed E-state index contributed by atoms with van der Waals surface area (Å²) >= 11 is 0. The van der Waals surface area contributed by atoms with Crippen LogP contribution in [0.5, 0.6) is 0 Å². The molecule has 0 spiro atoms. The second-order valence-corrected chi connectivity index (χ2v) is 4.19. The molecule has 8 nitrogen and oxygen atoms in total. The lowest BCUT2D eigenvalue weighted by atomic mass is 10.0. The van der Waals surface area contributed by atoms with E-state index in [1.54, 1.807) is 6.92 Å². The zero-order valence-corrected chi connectivity index (χ0v) is 11.6. The molecule has 0 saturated carbocycles. The summed E-state index contributed by atoms with van der Waals surface area (Å²) in [6.45, 7) is 2.79. The van der Waals surface area contributed by atoms with Crippen LogP contribution in [0, 0.1) is 10.1 Å². The van der Waals surface area contributed by atoms with E-state index < -0.39 is 28.9 Å². The first-order valence-corrected chi connectivity index (χ1v) is 6.23. The maximum Gasteiger partial charge on any atom is 0.331 e. The van der Waals surface area contributed by atoms with Crippen molar-refractivity contribution in [1.29, 1.82) is 0 Å². The topological polar surface area (TPSA) is 119 Å². The average Bonchev–Trinajstić information content (AvgIpc) is 2.44. The van der Waals surface area contributed by atoms with Crippen molar-refractivity contribution in [2.75, 3.05) is 6.61 Å². The molecule has 0 aromatic heterocycles. The van der Waals surface area contributed by atoms with Gasteiger partial charge in [-0.3, -0.25) is 14.9 Å². The molecule has 0 fully saturated rings. The number of hydrogen-bond donors (Lipinski definition) is 2. The van der Waals surface area contributed by atoms with Gasteiger partial charge in [-0.05, 0) is 13.0 Å². The van der Waals surface area contributed by atoms with Crippen LogP contribution in [0.4, 0.5) is 5.69 Å². The Balaban J connectivity index is 3.16. The van der Waals surface area contributed by atoms with Gasteiger partial charge in [0.15, 0.2) is 6.04 Å². The third kappa shape index (κ3) is 4.25. The Bertz CT molecular complexity index is 545. The lowest BCUT2D eigenvalue weighted by molar-refractivity contribution is -0.386. The van der Waals surface area contributed by atoms with Crippen LogP contribution in [0.1, 0.15) is 25.5 Å². The maximum atomic E-state index is 11.8. The molecule has 0 aliphatic heterocycles. The molecule has 2 atom stereocenters. The molecule has 0 saturated heterocycles. The molecule has 0 aliphatic rings.